The van der Waals surface area contributed by atoms with Gasteiger partial charge in [-0.3, -0.25) is 0 Å². The second kappa shape index (κ2) is 5.71. The Morgan fingerprint density at radius 2 is 2.25 bits per heavy atom. The Labute approximate surface area is 101 Å². The van der Waals surface area contributed by atoms with Crippen LogP contribution in [-0.4, -0.2) is 23.5 Å². The van der Waals surface area contributed by atoms with Gasteiger partial charge in [-0.05, 0) is 37.0 Å². The third-order valence-corrected chi connectivity index (χ3v) is 3.92. The van der Waals surface area contributed by atoms with Crippen LogP contribution in [0, 0.1) is 6.92 Å². The van der Waals surface area contributed by atoms with Crippen molar-refractivity contribution in [3.8, 4) is 0 Å². The molecule has 1 aromatic carbocycles. The molecular weight excluding hydrogens is 218 g/mol. The molecule has 0 radical (unpaired) electrons. The summed E-state index contributed by atoms with van der Waals surface area (Å²) in [6.45, 7) is 3.37. The van der Waals surface area contributed by atoms with Gasteiger partial charge in [-0.25, -0.2) is 0 Å². The SMILES string of the molecule is Cc1cc(CNC2CC2)ccc1SCCO. The Morgan fingerprint density at radius 3 is 2.88 bits per heavy atom. The van der Waals surface area contributed by atoms with Crippen LogP contribution >= 0.6 is 11.8 Å². The molecule has 2 nitrogen and oxygen atoms in total. The van der Waals surface area contributed by atoms with Crippen molar-refractivity contribution in [2.24, 2.45) is 0 Å². The van der Waals surface area contributed by atoms with E-state index < -0.39 is 0 Å². The molecule has 0 unspecified atom stereocenters. The van der Waals surface area contributed by atoms with Gasteiger partial charge in [0.1, 0.15) is 0 Å². The Bertz CT molecular complexity index is 350. The lowest BCUT2D eigenvalue weighted by Gasteiger charge is -2.08. The summed E-state index contributed by atoms with van der Waals surface area (Å²) in [7, 11) is 0. The van der Waals surface area contributed by atoms with Crippen LogP contribution in [-0.2, 0) is 6.54 Å². The molecule has 16 heavy (non-hydrogen) atoms. The van der Waals surface area contributed by atoms with Crippen LogP contribution in [0.2, 0.25) is 0 Å². The standard InChI is InChI=1S/C13H19NOS/c1-10-8-11(9-14-12-3-4-12)2-5-13(10)16-7-6-15/h2,5,8,12,14-15H,3-4,6-7,9H2,1H3. The summed E-state index contributed by atoms with van der Waals surface area (Å²) in [6.07, 6.45) is 2.67. The molecule has 1 saturated carbocycles. The monoisotopic (exact) mass is 237 g/mol. The lowest BCUT2D eigenvalue weighted by molar-refractivity contribution is 0.322. The number of aliphatic hydroxyl groups is 1. The summed E-state index contributed by atoms with van der Waals surface area (Å²) in [5.74, 6) is 0.778. The molecule has 1 aliphatic carbocycles. The van der Waals surface area contributed by atoms with E-state index in [1.807, 2.05) is 0 Å². The summed E-state index contributed by atoms with van der Waals surface area (Å²) in [4.78, 5) is 1.28. The molecular formula is C13H19NOS. The Hall–Kier alpha value is -0.510. The van der Waals surface area contributed by atoms with Crippen molar-refractivity contribution in [1.82, 2.24) is 5.32 Å². The van der Waals surface area contributed by atoms with Gasteiger partial charge in [0.2, 0.25) is 0 Å². The van der Waals surface area contributed by atoms with E-state index in [0.717, 1.165) is 18.3 Å². The van der Waals surface area contributed by atoms with E-state index in [2.05, 4.69) is 30.4 Å². The number of aliphatic hydroxyl groups excluding tert-OH is 1. The number of aryl methyl sites for hydroxylation is 1. The van der Waals surface area contributed by atoms with Crippen molar-refractivity contribution >= 4 is 11.8 Å². The molecule has 3 heteroatoms. The van der Waals surface area contributed by atoms with Gasteiger partial charge in [0.15, 0.2) is 0 Å². The molecule has 0 saturated heterocycles. The summed E-state index contributed by atoms with van der Waals surface area (Å²) >= 11 is 1.72. The zero-order chi connectivity index (χ0) is 11.4. The molecule has 1 aromatic rings. The van der Waals surface area contributed by atoms with Crippen molar-refractivity contribution < 1.29 is 5.11 Å². The van der Waals surface area contributed by atoms with Crippen LogP contribution in [0.25, 0.3) is 0 Å². The fraction of sp³-hybridized carbons (Fsp3) is 0.538. The van der Waals surface area contributed by atoms with Crippen LogP contribution in [0.1, 0.15) is 24.0 Å². The van der Waals surface area contributed by atoms with E-state index in [9.17, 15) is 0 Å². The number of nitrogens with one attached hydrogen (secondary N) is 1. The van der Waals surface area contributed by atoms with Gasteiger partial charge >= 0.3 is 0 Å². The fourth-order valence-corrected chi connectivity index (χ4v) is 2.45. The van der Waals surface area contributed by atoms with Gasteiger partial charge in [0.25, 0.3) is 0 Å². The third kappa shape index (κ3) is 3.51. The summed E-state index contributed by atoms with van der Waals surface area (Å²) < 4.78 is 0. The average molecular weight is 237 g/mol. The average Bonchev–Trinajstić information content (AvgIpc) is 3.09. The quantitative estimate of drug-likeness (QED) is 0.745. The van der Waals surface area contributed by atoms with E-state index in [1.54, 1.807) is 11.8 Å². The van der Waals surface area contributed by atoms with Crippen LogP contribution in [0.15, 0.2) is 23.1 Å². The molecule has 0 spiro atoms. The minimum Gasteiger partial charge on any atom is -0.396 e. The molecule has 0 amide bonds. The van der Waals surface area contributed by atoms with E-state index in [1.165, 1.54) is 28.9 Å². The first-order valence-corrected chi connectivity index (χ1v) is 6.84. The van der Waals surface area contributed by atoms with Crippen LogP contribution in [0.5, 0.6) is 0 Å². The molecule has 2 N–H and O–H groups in total. The van der Waals surface area contributed by atoms with Crippen molar-refractivity contribution in [2.75, 3.05) is 12.4 Å². The number of rotatable bonds is 6. The zero-order valence-corrected chi connectivity index (χ0v) is 10.5. The van der Waals surface area contributed by atoms with Crippen LogP contribution in [0.4, 0.5) is 0 Å². The highest BCUT2D eigenvalue weighted by molar-refractivity contribution is 7.99. The first-order chi connectivity index (χ1) is 7.79. The minimum atomic E-state index is 0.245. The molecule has 0 aliphatic heterocycles. The highest BCUT2D eigenvalue weighted by Crippen LogP contribution is 2.24. The van der Waals surface area contributed by atoms with Gasteiger partial charge in [0, 0.05) is 23.2 Å². The second-order valence-corrected chi connectivity index (χ2v) is 5.46. The van der Waals surface area contributed by atoms with Gasteiger partial charge in [-0.1, -0.05) is 12.1 Å². The first-order valence-electron chi connectivity index (χ1n) is 5.86. The fourth-order valence-electron chi connectivity index (χ4n) is 1.69. The van der Waals surface area contributed by atoms with Crippen molar-refractivity contribution in [3.63, 3.8) is 0 Å². The Kier molecular flexibility index (Phi) is 4.27. The molecule has 1 fully saturated rings. The molecule has 2 rings (SSSR count). The number of hydrogen-bond acceptors (Lipinski definition) is 3. The van der Waals surface area contributed by atoms with Crippen molar-refractivity contribution in [1.29, 1.82) is 0 Å². The summed E-state index contributed by atoms with van der Waals surface area (Å²) in [5.41, 5.74) is 2.67. The maximum Gasteiger partial charge on any atom is 0.0525 e. The van der Waals surface area contributed by atoms with E-state index >= 15 is 0 Å². The maximum absolute atomic E-state index is 8.79. The lowest BCUT2D eigenvalue weighted by Crippen LogP contribution is -2.15. The number of hydrogen-bond donors (Lipinski definition) is 2. The van der Waals surface area contributed by atoms with Crippen LogP contribution < -0.4 is 5.32 Å². The maximum atomic E-state index is 8.79. The predicted octanol–water partition coefficient (Wildman–Crippen LogP) is 2.33. The molecule has 1 aliphatic rings. The molecule has 0 heterocycles. The Morgan fingerprint density at radius 1 is 1.44 bits per heavy atom. The largest absolute Gasteiger partial charge is 0.396 e. The van der Waals surface area contributed by atoms with Crippen molar-refractivity contribution in [2.45, 2.75) is 37.2 Å². The van der Waals surface area contributed by atoms with Crippen molar-refractivity contribution in [3.05, 3.63) is 29.3 Å². The third-order valence-electron chi connectivity index (χ3n) is 2.76. The van der Waals surface area contributed by atoms with Gasteiger partial charge in [-0.2, -0.15) is 0 Å². The van der Waals surface area contributed by atoms with Gasteiger partial charge in [-0.15, -0.1) is 11.8 Å². The number of benzene rings is 1. The zero-order valence-electron chi connectivity index (χ0n) is 9.70. The van der Waals surface area contributed by atoms with E-state index in [4.69, 9.17) is 5.11 Å². The van der Waals surface area contributed by atoms with Crippen LogP contribution in [0.3, 0.4) is 0 Å². The lowest BCUT2D eigenvalue weighted by atomic mass is 10.1. The highest BCUT2D eigenvalue weighted by atomic mass is 32.2. The topological polar surface area (TPSA) is 32.3 Å². The van der Waals surface area contributed by atoms with E-state index in [0.29, 0.717) is 0 Å². The van der Waals surface area contributed by atoms with E-state index in [-0.39, 0.29) is 6.61 Å². The normalized spacial score (nSPS) is 15.4. The minimum absolute atomic E-state index is 0.245. The molecule has 88 valence electrons. The number of thioether (sulfide) groups is 1. The van der Waals surface area contributed by atoms with Gasteiger partial charge < -0.3 is 10.4 Å². The Balaban J connectivity index is 1.91. The smallest absolute Gasteiger partial charge is 0.0525 e. The summed E-state index contributed by atoms with van der Waals surface area (Å²) in [6, 6.07) is 7.36. The molecule has 0 atom stereocenters. The highest BCUT2D eigenvalue weighted by Gasteiger charge is 2.19. The molecule has 0 aromatic heterocycles. The predicted molar refractivity (Wildman–Crippen MR) is 68.9 cm³/mol. The van der Waals surface area contributed by atoms with Gasteiger partial charge in [0.05, 0.1) is 6.61 Å². The second-order valence-electron chi connectivity index (χ2n) is 4.33. The molecule has 0 bridgehead atoms. The summed E-state index contributed by atoms with van der Waals surface area (Å²) in [5, 5.41) is 12.3. The first kappa shape index (κ1) is 12.0.